The van der Waals surface area contributed by atoms with Crippen LogP contribution in [0, 0.1) is 0 Å². The van der Waals surface area contributed by atoms with Gasteiger partial charge in [0.25, 0.3) is 11.7 Å². The van der Waals surface area contributed by atoms with Crippen LogP contribution in [0.3, 0.4) is 0 Å². The summed E-state index contributed by atoms with van der Waals surface area (Å²) in [7, 11) is 2.88. The first-order valence-electron chi connectivity index (χ1n) is 10.4. The molecule has 1 saturated heterocycles. The number of hydrogen-bond donors (Lipinski definition) is 1. The summed E-state index contributed by atoms with van der Waals surface area (Å²) in [4.78, 5) is 28.6. The SMILES string of the molecule is CCOc1cccc(N2C(=O)C(=O)/C(=C(\O)c3cc(Cl)c(OC)cc3OC)C2c2cccs2)c1. The first-order valence-corrected chi connectivity index (χ1v) is 11.7. The van der Waals surface area contributed by atoms with Gasteiger partial charge in [-0.3, -0.25) is 14.5 Å². The van der Waals surface area contributed by atoms with E-state index in [4.69, 9.17) is 25.8 Å². The lowest BCUT2D eigenvalue weighted by Crippen LogP contribution is -2.29. The van der Waals surface area contributed by atoms with Crippen molar-refractivity contribution in [2.75, 3.05) is 25.7 Å². The van der Waals surface area contributed by atoms with Crippen molar-refractivity contribution in [1.82, 2.24) is 0 Å². The summed E-state index contributed by atoms with van der Waals surface area (Å²) < 4.78 is 16.2. The van der Waals surface area contributed by atoms with Crippen molar-refractivity contribution >= 4 is 46.1 Å². The minimum Gasteiger partial charge on any atom is -0.507 e. The number of ether oxygens (including phenoxy) is 3. The van der Waals surface area contributed by atoms with Gasteiger partial charge in [-0.15, -0.1) is 11.3 Å². The number of thiophene rings is 1. The molecule has 1 aliphatic rings. The number of nitrogens with zero attached hydrogens (tertiary/aromatic N) is 1. The fraction of sp³-hybridized carbons (Fsp3) is 0.200. The van der Waals surface area contributed by atoms with Gasteiger partial charge in [-0.25, -0.2) is 0 Å². The van der Waals surface area contributed by atoms with E-state index in [1.54, 1.807) is 24.3 Å². The van der Waals surface area contributed by atoms with Crippen molar-refractivity contribution < 1.29 is 28.9 Å². The molecule has 1 aromatic heterocycles. The van der Waals surface area contributed by atoms with Crippen LogP contribution >= 0.6 is 22.9 Å². The minimum atomic E-state index is -0.845. The first kappa shape index (κ1) is 23.7. The number of rotatable bonds is 7. The normalized spacial score (nSPS) is 17.2. The highest BCUT2D eigenvalue weighted by Crippen LogP contribution is 2.46. The second kappa shape index (κ2) is 9.79. The van der Waals surface area contributed by atoms with Crippen LogP contribution in [-0.2, 0) is 9.59 Å². The number of hydrogen-bond acceptors (Lipinski definition) is 7. The van der Waals surface area contributed by atoms with Crippen LogP contribution in [0.15, 0.2) is 59.5 Å². The Morgan fingerprint density at radius 3 is 2.50 bits per heavy atom. The number of methoxy groups -OCH3 is 2. The van der Waals surface area contributed by atoms with Gasteiger partial charge in [-0.1, -0.05) is 23.7 Å². The molecule has 2 aromatic carbocycles. The van der Waals surface area contributed by atoms with E-state index in [1.807, 2.05) is 24.4 Å². The third kappa shape index (κ3) is 4.10. The van der Waals surface area contributed by atoms with Gasteiger partial charge >= 0.3 is 0 Å². The third-order valence-electron chi connectivity index (χ3n) is 5.39. The number of ketones is 1. The Kier molecular flexibility index (Phi) is 6.81. The number of benzene rings is 2. The van der Waals surface area contributed by atoms with E-state index in [-0.39, 0.29) is 27.7 Å². The van der Waals surface area contributed by atoms with E-state index in [0.29, 0.717) is 28.7 Å². The molecule has 1 N–H and O–H groups in total. The highest BCUT2D eigenvalue weighted by molar-refractivity contribution is 7.10. The molecule has 0 saturated carbocycles. The van der Waals surface area contributed by atoms with Crippen LogP contribution in [0.4, 0.5) is 5.69 Å². The van der Waals surface area contributed by atoms with Crippen LogP contribution in [0.1, 0.15) is 23.4 Å². The molecule has 3 aromatic rings. The number of aliphatic hydroxyl groups is 1. The van der Waals surface area contributed by atoms with E-state index < -0.39 is 17.7 Å². The summed E-state index contributed by atoms with van der Waals surface area (Å²) in [5.74, 6) is -0.804. The molecule has 34 heavy (non-hydrogen) atoms. The maximum atomic E-state index is 13.3. The summed E-state index contributed by atoms with van der Waals surface area (Å²) >= 11 is 7.67. The Morgan fingerprint density at radius 1 is 1.09 bits per heavy atom. The van der Waals surface area contributed by atoms with Gasteiger partial charge in [0, 0.05) is 22.7 Å². The van der Waals surface area contributed by atoms with Crippen LogP contribution in [0.25, 0.3) is 5.76 Å². The summed E-state index contributed by atoms with van der Waals surface area (Å²) in [6.45, 7) is 2.31. The van der Waals surface area contributed by atoms with Crippen LogP contribution in [0.2, 0.25) is 5.02 Å². The second-order valence-corrected chi connectivity index (χ2v) is 8.69. The van der Waals surface area contributed by atoms with Crippen molar-refractivity contribution in [3.8, 4) is 17.2 Å². The van der Waals surface area contributed by atoms with Crippen LogP contribution in [0.5, 0.6) is 17.2 Å². The zero-order valence-electron chi connectivity index (χ0n) is 18.7. The highest BCUT2D eigenvalue weighted by Gasteiger charge is 2.47. The van der Waals surface area contributed by atoms with Crippen LogP contribution in [-0.4, -0.2) is 37.6 Å². The predicted molar refractivity (Wildman–Crippen MR) is 131 cm³/mol. The molecular formula is C25H22ClNO6S. The summed E-state index contributed by atoms with van der Waals surface area (Å²) in [6, 6.07) is 12.7. The number of aliphatic hydroxyl groups excluding tert-OH is 1. The number of Topliss-reactive ketones (excluding diaryl/α,β-unsaturated/α-hetero) is 1. The van der Waals surface area contributed by atoms with Crippen molar-refractivity contribution in [2.24, 2.45) is 0 Å². The molecule has 0 bridgehead atoms. The maximum Gasteiger partial charge on any atom is 0.300 e. The number of carbonyl (C=O) groups is 2. The van der Waals surface area contributed by atoms with Gasteiger partial charge in [0.2, 0.25) is 0 Å². The molecule has 2 heterocycles. The molecule has 0 radical (unpaired) electrons. The largest absolute Gasteiger partial charge is 0.507 e. The number of halogens is 1. The highest BCUT2D eigenvalue weighted by atomic mass is 35.5. The van der Waals surface area contributed by atoms with Gasteiger partial charge in [0.05, 0.1) is 37.0 Å². The monoisotopic (exact) mass is 499 g/mol. The van der Waals surface area contributed by atoms with Gasteiger partial charge in [0.1, 0.15) is 29.0 Å². The van der Waals surface area contributed by atoms with Crippen LogP contribution < -0.4 is 19.1 Å². The second-order valence-electron chi connectivity index (χ2n) is 7.30. The molecule has 4 rings (SSSR count). The molecule has 1 amide bonds. The lowest BCUT2D eigenvalue weighted by Gasteiger charge is -2.24. The molecule has 1 fully saturated rings. The molecule has 1 atom stereocenters. The lowest BCUT2D eigenvalue weighted by atomic mass is 9.99. The lowest BCUT2D eigenvalue weighted by molar-refractivity contribution is -0.132. The van der Waals surface area contributed by atoms with Crippen molar-refractivity contribution in [2.45, 2.75) is 13.0 Å². The van der Waals surface area contributed by atoms with Crippen molar-refractivity contribution in [1.29, 1.82) is 0 Å². The van der Waals surface area contributed by atoms with E-state index in [2.05, 4.69) is 0 Å². The van der Waals surface area contributed by atoms with E-state index in [1.165, 1.54) is 42.6 Å². The Morgan fingerprint density at radius 2 is 1.85 bits per heavy atom. The van der Waals surface area contributed by atoms with E-state index in [9.17, 15) is 14.7 Å². The molecule has 7 nitrogen and oxygen atoms in total. The average Bonchev–Trinajstić information content (AvgIpc) is 3.46. The van der Waals surface area contributed by atoms with Gasteiger partial charge in [-0.05, 0) is 36.6 Å². The van der Waals surface area contributed by atoms with E-state index >= 15 is 0 Å². The molecule has 1 aliphatic heterocycles. The first-order chi connectivity index (χ1) is 16.4. The summed E-state index contributed by atoms with van der Waals surface area (Å²) in [5, 5.41) is 13.4. The van der Waals surface area contributed by atoms with Crippen molar-refractivity contribution in [3.05, 3.63) is 74.9 Å². The van der Waals surface area contributed by atoms with Gasteiger partial charge in [0.15, 0.2) is 0 Å². The Hall–Kier alpha value is -3.49. The molecule has 1 unspecified atom stereocenters. The van der Waals surface area contributed by atoms with Gasteiger partial charge < -0.3 is 19.3 Å². The number of anilines is 1. The smallest absolute Gasteiger partial charge is 0.300 e. The maximum absolute atomic E-state index is 13.3. The fourth-order valence-corrected chi connectivity index (χ4v) is 4.96. The average molecular weight is 500 g/mol. The molecule has 0 aliphatic carbocycles. The molecule has 0 spiro atoms. The standard InChI is InChI=1S/C25H22ClNO6S/c1-4-33-15-8-5-7-14(11-15)27-22(20-9-6-10-34-20)21(24(29)25(27)30)23(28)16-12-17(26)19(32-3)13-18(16)31-2/h5-13,22,28H,4H2,1-3H3/b23-21-. The molecule has 9 heteroatoms. The van der Waals surface area contributed by atoms with Crippen molar-refractivity contribution in [3.63, 3.8) is 0 Å². The number of carbonyl (C=O) groups excluding carboxylic acids is 2. The predicted octanol–water partition coefficient (Wildman–Crippen LogP) is 5.44. The summed E-state index contributed by atoms with van der Waals surface area (Å²) in [6.07, 6.45) is 0. The fourth-order valence-electron chi connectivity index (χ4n) is 3.89. The zero-order valence-corrected chi connectivity index (χ0v) is 20.3. The minimum absolute atomic E-state index is 0.0613. The van der Waals surface area contributed by atoms with Gasteiger partial charge in [-0.2, -0.15) is 0 Å². The zero-order chi connectivity index (χ0) is 24.4. The molecule has 176 valence electrons. The Bertz CT molecular complexity index is 1270. The topological polar surface area (TPSA) is 85.3 Å². The van der Waals surface area contributed by atoms with E-state index in [0.717, 1.165) is 0 Å². The third-order valence-corrected chi connectivity index (χ3v) is 6.61. The Labute approximate surface area is 205 Å². The quantitative estimate of drug-likeness (QED) is 0.264. The summed E-state index contributed by atoms with van der Waals surface area (Å²) in [5.41, 5.74) is 0.593. The number of amides is 1. The molecular weight excluding hydrogens is 478 g/mol. The Balaban J connectivity index is 1.93.